The van der Waals surface area contributed by atoms with Crippen molar-refractivity contribution in [2.45, 2.75) is 65.5 Å². The summed E-state index contributed by atoms with van der Waals surface area (Å²) < 4.78 is 0. The van der Waals surface area contributed by atoms with Gasteiger partial charge in [-0.25, -0.2) is 4.79 Å². The maximum Gasteiger partial charge on any atom is 0.348 e. The lowest BCUT2D eigenvalue weighted by atomic mass is 9.91. The number of benzene rings is 1. The molecule has 2 aromatic rings. The van der Waals surface area contributed by atoms with E-state index in [9.17, 15) is 19.8 Å². The van der Waals surface area contributed by atoms with Crippen molar-refractivity contribution in [3.8, 4) is 11.8 Å². The van der Waals surface area contributed by atoms with E-state index < -0.39 is 12.1 Å². The summed E-state index contributed by atoms with van der Waals surface area (Å²) in [5.41, 5.74) is 1.33. The number of aliphatic hydroxyl groups excluding tert-OH is 1. The number of thiophene rings is 1. The van der Waals surface area contributed by atoms with Gasteiger partial charge in [0.2, 0.25) is 0 Å². The smallest absolute Gasteiger partial charge is 0.348 e. The number of nitrogens with zero attached hydrogens (tertiary/aromatic N) is 1. The molecule has 3 rings (SSSR count). The summed E-state index contributed by atoms with van der Waals surface area (Å²) in [5.74, 6) is 4.85. The Labute approximate surface area is 198 Å². The third-order valence-electron chi connectivity index (χ3n) is 5.40. The van der Waals surface area contributed by atoms with Gasteiger partial charge >= 0.3 is 5.97 Å². The van der Waals surface area contributed by atoms with E-state index in [1.807, 2.05) is 27.7 Å². The number of anilines is 1. The van der Waals surface area contributed by atoms with Gasteiger partial charge in [0.05, 0.1) is 16.7 Å². The van der Waals surface area contributed by atoms with Crippen molar-refractivity contribution in [3.63, 3.8) is 0 Å². The molecule has 32 heavy (non-hydrogen) atoms. The van der Waals surface area contributed by atoms with Crippen molar-refractivity contribution in [2.24, 2.45) is 5.41 Å². The van der Waals surface area contributed by atoms with E-state index in [1.54, 1.807) is 29.2 Å². The van der Waals surface area contributed by atoms with Gasteiger partial charge in [0, 0.05) is 22.0 Å². The molecule has 1 aromatic heterocycles. The van der Waals surface area contributed by atoms with Gasteiger partial charge < -0.3 is 15.1 Å². The maximum absolute atomic E-state index is 13.8. The largest absolute Gasteiger partial charge is 0.477 e. The second-order valence-corrected chi connectivity index (χ2v) is 10.7. The quantitative estimate of drug-likeness (QED) is 0.553. The Morgan fingerprint density at radius 1 is 1.16 bits per heavy atom. The zero-order valence-corrected chi connectivity index (χ0v) is 20.3. The van der Waals surface area contributed by atoms with Crippen LogP contribution in [0.5, 0.6) is 0 Å². The van der Waals surface area contributed by atoms with E-state index in [4.69, 9.17) is 11.6 Å². The number of carbonyl (C=O) groups excluding carboxylic acids is 1. The second-order valence-electron chi connectivity index (χ2n) is 9.23. The van der Waals surface area contributed by atoms with Crippen LogP contribution in [0.1, 0.15) is 76.9 Å². The molecule has 1 aliphatic rings. The van der Waals surface area contributed by atoms with E-state index in [2.05, 4.69) is 11.8 Å². The molecule has 0 radical (unpaired) electrons. The van der Waals surface area contributed by atoms with Gasteiger partial charge in [0.25, 0.3) is 5.91 Å². The molecule has 0 spiro atoms. The van der Waals surface area contributed by atoms with Crippen LogP contribution in [0.4, 0.5) is 5.69 Å². The Bertz CT molecular complexity index is 1080. The second kappa shape index (κ2) is 9.66. The Morgan fingerprint density at radius 3 is 2.38 bits per heavy atom. The number of rotatable bonds is 4. The summed E-state index contributed by atoms with van der Waals surface area (Å²) in [7, 11) is 0. The van der Waals surface area contributed by atoms with E-state index in [0.717, 1.165) is 16.9 Å². The number of hydrogen-bond acceptors (Lipinski definition) is 4. The molecule has 1 aromatic carbocycles. The lowest BCUT2D eigenvalue weighted by Crippen LogP contribution is -2.44. The fourth-order valence-electron chi connectivity index (χ4n) is 3.81. The standard InChI is InChI=1S/C25H28ClNO4S/c1-15-13-16(26)5-10-20(15)23(29)27(17-6-8-18(28)9-7-17)21-14-19(11-12-25(2,3)4)32-22(21)24(30)31/h5,10,13-14,17-18,28H,6-9H2,1-4H3,(H,30,31)/t17-,18-. The number of aryl methyl sites for hydroxylation is 1. The van der Waals surface area contributed by atoms with Gasteiger partial charge in [0.1, 0.15) is 4.88 Å². The highest BCUT2D eigenvalue weighted by Crippen LogP contribution is 2.37. The van der Waals surface area contributed by atoms with Crippen LogP contribution in [0.25, 0.3) is 0 Å². The normalized spacial score (nSPS) is 18.6. The molecule has 0 atom stereocenters. The molecule has 0 saturated heterocycles. The molecule has 1 heterocycles. The maximum atomic E-state index is 13.8. The highest BCUT2D eigenvalue weighted by Gasteiger charge is 2.34. The molecule has 1 amide bonds. The number of carboxylic acids is 1. The Balaban J connectivity index is 2.12. The fraction of sp³-hybridized carbons (Fsp3) is 0.440. The van der Waals surface area contributed by atoms with Crippen LogP contribution in [-0.4, -0.2) is 34.2 Å². The molecule has 1 fully saturated rings. The van der Waals surface area contributed by atoms with Gasteiger partial charge in [0.15, 0.2) is 0 Å². The van der Waals surface area contributed by atoms with Gasteiger partial charge in [-0.15, -0.1) is 11.3 Å². The summed E-state index contributed by atoms with van der Waals surface area (Å²) in [6, 6.07) is 6.57. The molecule has 1 saturated carbocycles. The van der Waals surface area contributed by atoms with Crippen LogP contribution < -0.4 is 4.90 Å². The third-order valence-corrected chi connectivity index (χ3v) is 6.66. The van der Waals surface area contributed by atoms with Crippen LogP contribution in [0.2, 0.25) is 5.02 Å². The van der Waals surface area contributed by atoms with E-state index in [1.165, 1.54) is 0 Å². The lowest BCUT2D eigenvalue weighted by Gasteiger charge is -2.36. The Hall–Kier alpha value is -2.33. The summed E-state index contributed by atoms with van der Waals surface area (Å²) in [6.45, 7) is 7.77. The number of aliphatic hydroxyl groups is 1. The first-order valence-corrected chi connectivity index (χ1v) is 11.8. The Morgan fingerprint density at radius 2 is 1.81 bits per heavy atom. The van der Waals surface area contributed by atoms with Crippen molar-refractivity contribution in [2.75, 3.05) is 4.90 Å². The molecule has 1 aliphatic carbocycles. The van der Waals surface area contributed by atoms with E-state index in [-0.39, 0.29) is 22.2 Å². The van der Waals surface area contributed by atoms with Crippen LogP contribution in [-0.2, 0) is 0 Å². The summed E-state index contributed by atoms with van der Waals surface area (Å²) in [4.78, 5) is 28.2. The van der Waals surface area contributed by atoms with Crippen molar-refractivity contribution < 1.29 is 19.8 Å². The van der Waals surface area contributed by atoms with Crippen LogP contribution in [0, 0.1) is 24.2 Å². The average Bonchev–Trinajstić information content (AvgIpc) is 3.12. The van der Waals surface area contributed by atoms with E-state index >= 15 is 0 Å². The third kappa shape index (κ3) is 5.72. The van der Waals surface area contributed by atoms with Crippen LogP contribution in [0.15, 0.2) is 24.3 Å². The minimum Gasteiger partial charge on any atom is -0.477 e. The molecule has 0 bridgehead atoms. The zero-order valence-electron chi connectivity index (χ0n) is 18.7. The zero-order chi connectivity index (χ0) is 23.6. The molecule has 0 unspecified atom stereocenters. The van der Waals surface area contributed by atoms with E-state index in [0.29, 0.717) is 46.8 Å². The fourth-order valence-corrected chi connectivity index (χ4v) is 4.88. The first kappa shape index (κ1) is 24.3. The Kier molecular flexibility index (Phi) is 7.34. The number of hydrogen-bond donors (Lipinski definition) is 2. The molecule has 2 N–H and O–H groups in total. The molecule has 5 nitrogen and oxygen atoms in total. The number of amides is 1. The summed E-state index contributed by atoms with van der Waals surface area (Å²) in [6.07, 6.45) is 1.93. The number of aromatic carboxylic acids is 1. The molecular weight excluding hydrogens is 446 g/mol. The van der Waals surface area contributed by atoms with Crippen LogP contribution >= 0.6 is 22.9 Å². The monoisotopic (exact) mass is 473 g/mol. The van der Waals surface area contributed by atoms with Gasteiger partial charge in [-0.1, -0.05) is 23.4 Å². The number of carbonyl (C=O) groups is 2. The van der Waals surface area contributed by atoms with Crippen molar-refractivity contribution >= 4 is 40.5 Å². The predicted molar refractivity (Wildman–Crippen MR) is 129 cm³/mol. The molecule has 170 valence electrons. The first-order chi connectivity index (χ1) is 15.0. The number of halogens is 1. The highest BCUT2D eigenvalue weighted by molar-refractivity contribution is 7.15. The predicted octanol–water partition coefficient (Wildman–Crippen LogP) is 5.76. The van der Waals surface area contributed by atoms with Crippen molar-refractivity contribution in [1.29, 1.82) is 0 Å². The molecule has 0 aliphatic heterocycles. The number of carboxylic acid groups (broad SMARTS) is 1. The van der Waals surface area contributed by atoms with Crippen LogP contribution in [0.3, 0.4) is 0 Å². The van der Waals surface area contributed by atoms with Crippen molar-refractivity contribution in [1.82, 2.24) is 0 Å². The van der Waals surface area contributed by atoms with Gasteiger partial charge in [-0.3, -0.25) is 4.79 Å². The van der Waals surface area contributed by atoms with Gasteiger partial charge in [-0.05, 0) is 83.2 Å². The molecular formula is C25H28ClNO4S. The minimum atomic E-state index is -1.09. The summed E-state index contributed by atoms with van der Waals surface area (Å²) in [5, 5.41) is 20.4. The topological polar surface area (TPSA) is 77.8 Å². The lowest BCUT2D eigenvalue weighted by molar-refractivity contribution is 0.0702. The highest BCUT2D eigenvalue weighted by atomic mass is 35.5. The average molecular weight is 474 g/mol. The SMILES string of the molecule is Cc1cc(Cl)ccc1C(=O)N(c1cc(C#CC(C)(C)C)sc1C(=O)O)[C@H]1CC[C@H](O)CC1. The first-order valence-electron chi connectivity index (χ1n) is 10.6. The minimum absolute atomic E-state index is 0.0919. The molecule has 7 heteroatoms. The van der Waals surface area contributed by atoms with Crippen molar-refractivity contribution in [3.05, 3.63) is 50.2 Å². The van der Waals surface area contributed by atoms with Gasteiger partial charge in [-0.2, -0.15) is 0 Å². The summed E-state index contributed by atoms with van der Waals surface area (Å²) >= 11 is 7.16.